The Morgan fingerprint density at radius 1 is 1.18 bits per heavy atom. The number of aliphatic imine (C=N–C) groups is 1. The minimum atomic E-state index is -0.000257. The summed E-state index contributed by atoms with van der Waals surface area (Å²) in [5.41, 5.74) is 2.09. The van der Waals surface area contributed by atoms with Gasteiger partial charge in [-0.05, 0) is 24.5 Å². The van der Waals surface area contributed by atoms with Crippen molar-refractivity contribution in [1.29, 1.82) is 0 Å². The first kappa shape index (κ1) is 19.9. The molecule has 1 fully saturated rings. The van der Waals surface area contributed by atoms with Gasteiger partial charge in [0.25, 0.3) is 0 Å². The molecule has 7 heteroatoms. The Morgan fingerprint density at radius 2 is 1.93 bits per heavy atom. The molecule has 150 valence electrons. The number of guanidine groups is 1. The molecule has 0 unspecified atom stereocenters. The van der Waals surface area contributed by atoms with Gasteiger partial charge in [-0.3, -0.25) is 9.48 Å². The molecule has 1 aliphatic rings. The van der Waals surface area contributed by atoms with Crippen molar-refractivity contribution in [2.24, 2.45) is 4.99 Å². The molecule has 2 aromatic rings. The highest BCUT2D eigenvalue weighted by molar-refractivity contribution is 5.86. The third-order valence-electron chi connectivity index (χ3n) is 4.97. The Balaban J connectivity index is 1.60. The number of aromatic nitrogens is 2. The number of likely N-dealkylation sites (N-methyl/N-ethyl adjacent to an activating group) is 1. The predicted octanol–water partition coefficient (Wildman–Crippen LogP) is 2.32. The fourth-order valence-electron chi connectivity index (χ4n) is 3.26. The first-order chi connectivity index (χ1) is 13.6. The van der Waals surface area contributed by atoms with Crippen molar-refractivity contribution >= 4 is 11.9 Å². The molecule has 7 nitrogen and oxygen atoms in total. The zero-order valence-corrected chi connectivity index (χ0v) is 16.8. The second-order valence-electron chi connectivity index (χ2n) is 7.37. The van der Waals surface area contributed by atoms with E-state index in [1.54, 1.807) is 19.0 Å². The molecule has 1 heterocycles. The highest BCUT2D eigenvalue weighted by atomic mass is 16.2. The second kappa shape index (κ2) is 9.92. The van der Waals surface area contributed by atoms with Gasteiger partial charge in [0.2, 0.25) is 5.91 Å². The Morgan fingerprint density at radius 3 is 2.64 bits per heavy atom. The summed E-state index contributed by atoms with van der Waals surface area (Å²) in [6.45, 7) is 1.31. The van der Waals surface area contributed by atoms with Crippen LogP contribution in [0.2, 0.25) is 0 Å². The fourth-order valence-corrected chi connectivity index (χ4v) is 3.26. The smallest absolute Gasteiger partial charge is 0.241 e. The van der Waals surface area contributed by atoms with E-state index in [-0.39, 0.29) is 12.5 Å². The molecule has 1 saturated carbocycles. The quantitative estimate of drug-likeness (QED) is 0.569. The molecule has 0 atom stereocenters. The molecule has 1 aromatic heterocycles. The van der Waals surface area contributed by atoms with Gasteiger partial charge in [-0.25, -0.2) is 4.99 Å². The summed E-state index contributed by atoms with van der Waals surface area (Å²) < 4.78 is 2.09. The Hall–Kier alpha value is -2.83. The first-order valence-corrected chi connectivity index (χ1v) is 9.92. The van der Waals surface area contributed by atoms with Crippen LogP contribution in [0.1, 0.15) is 43.0 Å². The van der Waals surface area contributed by atoms with Gasteiger partial charge in [0.15, 0.2) is 5.96 Å². The summed E-state index contributed by atoms with van der Waals surface area (Å²) >= 11 is 0. The molecule has 3 rings (SSSR count). The summed E-state index contributed by atoms with van der Waals surface area (Å²) in [6.07, 6.45) is 7.08. The molecule has 0 spiro atoms. The van der Waals surface area contributed by atoms with Crippen LogP contribution >= 0.6 is 0 Å². The number of carbonyl (C=O) groups excluding carboxylic acids is 1. The molecule has 2 N–H and O–H groups in total. The molecular weight excluding hydrogens is 352 g/mol. The molecule has 0 bridgehead atoms. The van der Waals surface area contributed by atoms with Gasteiger partial charge in [-0.1, -0.05) is 43.2 Å². The summed E-state index contributed by atoms with van der Waals surface area (Å²) in [6, 6.07) is 12.6. The summed E-state index contributed by atoms with van der Waals surface area (Å²) in [5.74, 6) is 0.606. The standard InChI is InChI=1S/C21H30N6O/c1-26(2)20(28)16-24-21(22-14-17-8-4-3-5-9-17)23-15-18-12-13-27(25-18)19-10-6-7-11-19/h3-5,8-9,12-13,19H,6-7,10-11,14-16H2,1-2H3,(H2,22,23,24). The maximum Gasteiger partial charge on any atom is 0.241 e. The zero-order valence-electron chi connectivity index (χ0n) is 16.8. The highest BCUT2D eigenvalue weighted by Gasteiger charge is 2.17. The lowest BCUT2D eigenvalue weighted by molar-refractivity contribution is -0.127. The van der Waals surface area contributed by atoms with E-state index >= 15 is 0 Å². The summed E-state index contributed by atoms with van der Waals surface area (Å²) in [7, 11) is 3.49. The third-order valence-corrected chi connectivity index (χ3v) is 4.97. The summed E-state index contributed by atoms with van der Waals surface area (Å²) in [4.78, 5) is 18.1. The first-order valence-electron chi connectivity index (χ1n) is 9.92. The van der Waals surface area contributed by atoms with Gasteiger partial charge in [0.05, 0.1) is 31.4 Å². The van der Waals surface area contributed by atoms with E-state index in [0.29, 0.717) is 25.1 Å². The van der Waals surface area contributed by atoms with Gasteiger partial charge in [-0.2, -0.15) is 5.10 Å². The lowest BCUT2D eigenvalue weighted by Gasteiger charge is -2.14. The van der Waals surface area contributed by atoms with E-state index in [4.69, 9.17) is 5.10 Å². The minimum Gasteiger partial charge on any atom is -0.351 e. The van der Waals surface area contributed by atoms with Crippen molar-refractivity contribution in [2.75, 3.05) is 20.6 Å². The normalized spacial score (nSPS) is 14.9. The Bertz CT molecular complexity index is 777. The number of benzene rings is 1. The minimum absolute atomic E-state index is 0.000257. The molecule has 1 aliphatic carbocycles. The van der Waals surface area contributed by atoms with Gasteiger partial charge < -0.3 is 15.5 Å². The average Bonchev–Trinajstić information content (AvgIpc) is 3.39. The lowest BCUT2D eigenvalue weighted by Crippen LogP contribution is -2.42. The maximum atomic E-state index is 11.9. The summed E-state index contributed by atoms with van der Waals surface area (Å²) in [5, 5.41) is 11.1. The number of hydrogen-bond donors (Lipinski definition) is 2. The van der Waals surface area contributed by atoms with Crippen LogP contribution < -0.4 is 10.6 Å². The van der Waals surface area contributed by atoms with Gasteiger partial charge in [-0.15, -0.1) is 0 Å². The van der Waals surface area contributed by atoms with Crippen LogP contribution in [0.4, 0.5) is 0 Å². The van der Waals surface area contributed by atoms with Crippen LogP contribution in [0.5, 0.6) is 0 Å². The monoisotopic (exact) mass is 382 g/mol. The topological polar surface area (TPSA) is 74.6 Å². The number of nitrogens with zero attached hydrogens (tertiary/aromatic N) is 4. The van der Waals surface area contributed by atoms with E-state index in [9.17, 15) is 4.79 Å². The molecule has 0 radical (unpaired) electrons. The van der Waals surface area contributed by atoms with Gasteiger partial charge >= 0.3 is 0 Å². The van der Waals surface area contributed by atoms with E-state index < -0.39 is 0 Å². The van der Waals surface area contributed by atoms with E-state index in [1.165, 1.54) is 25.7 Å². The number of carbonyl (C=O) groups is 1. The van der Waals surface area contributed by atoms with Crippen LogP contribution in [0.3, 0.4) is 0 Å². The lowest BCUT2D eigenvalue weighted by atomic mass is 10.2. The van der Waals surface area contributed by atoms with Crippen molar-refractivity contribution in [2.45, 2.75) is 44.8 Å². The van der Waals surface area contributed by atoms with Crippen molar-refractivity contribution in [1.82, 2.24) is 25.3 Å². The molecule has 1 amide bonds. The van der Waals surface area contributed by atoms with Crippen LogP contribution in [0.25, 0.3) is 0 Å². The molecule has 0 aliphatic heterocycles. The SMILES string of the molecule is CN(C)C(=O)CNC(=NCc1ccccc1)NCc1ccn(C2CCCC2)n1. The number of nitrogens with one attached hydrogen (secondary N) is 2. The Kier molecular flexibility index (Phi) is 7.06. The second-order valence-corrected chi connectivity index (χ2v) is 7.37. The predicted molar refractivity (Wildman–Crippen MR) is 111 cm³/mol. The van der Waals surface area contributed by atoms with E-state index in [0.717, 1.165) is 11.3 Å². The zero-order chi connectivity index (χ0) is 19.8. The van der Waals surface area contributed by atoms with Gasteiger partial charge in [0, 0.05) is 20.3 Å². The molecular formula is C21H30N6O. The van der Waals surface area contributed by atoms with Crippen molar-refractivity contribution in [3.63, 3.8) is 0 Å². The average molecular weight is 383 g/mol. The number of hydrogen-bond acceptors (Lipinski definition) is 3. The van der Waals surface area contributed by atoms with E-state index in [2.05, 4.69) is 26.5 Å². The number of rotatable bonds is 7. The molecule has 28 heavy (non-hydrogen) atoms. The van der Waals surface area contributed by atoms with Crippen molar-refractivity contribution in [3.05, 3.63) is 53.9 Å². The van der Waals surface area contributed by atoms with Crippen molar-refractivity contribution in [3.8, 4) is 0 Å². The van der Waals surface area contributed by atoms with Crippen LogP contribution in [0, 0.1) is 0 Å². The van der Waals surface area contributed by atoms with Crippen LogP contribution in [-0.4, -0.2) is 47.2 Å². The number of amides is 1. The molecule has 0 saturated heterocycles. The Labute approximate surface area is 166 Å². The molecule has 1 aromatic carbocycles. The van der Waals surface area contributed by atoms with Crippen LogP contribution in [0.15, 0.2) is 47.6 Å². The largest absolute Gasteiger partial charge is 0.351 e. The highest BCUT2D eigenvalue weighted by Crippen LogP contribution is 2.28. The fraction of sp³-hybridized carbons (Fsp3) is 0.476. The van der Waals surface area contributed by atoms with Crippen molar-refractivity contribution < 1.29 is 4.79 Å². The third kappa shape index (κ3) is 5.84. The van der Waals surface area contributed by atoms with E-state index in [1.807, 2.05) is 36.4 Å². The van der Waals surface area contributed by atoms with Gasteiger partial charge in [0.1, 0.15) is 0 Å². The maximum absolute atomic E-state index is 11.9. The van der Waals surface area contributed by atoms with Crippen LogP contribution in [-0.2, 0) is 17.9 Å².